The summed E-state index contributed by atoms with van der Waals surface area (Å²) in [5.74, 6) is -0.574. The summed E-state index contributed by atoms with van der Waals surface area (Å²) in [6.07, 6.45) is 1.09. The Kier molecular flexibility index (Phi) is 5.36. The molecule has 1 saturated heterocycles. The standard InChI is InChI=1S/C17H23N3O3/c1-4-11(2)18-17(23)13-9-16(22)20(10-13)15-7-5-14(6-8-15)19-12(3)21/h5-8,11,13H,4,9-10H2,1-3H3,(H,18,23)(H,19,21)/t11-,13-/m1/s1. The van der Waals surface area contributed by atoms with Crippen molar-refractivity contribution in [3.8, 4) is 0 Å². The van der Waals surface area contributed by atoms with Crippen LogP contribution < -0.4 is 15.5 Å². The van der Waals surface area contributed by atoms with Gasteiger partial charge in [-0.25, -0.2) is 0 Å². The molecule has 23 heavy (non-hydrogen) atoms. The maximum Gasteiger partial charge on any atom is 0.227 e. The van der Waals surface area contributed by atoms with Crippen LogP contribution in [0.1, 0.15) is 33.6 Å². The lowest BCUT2D eigenvalue weighted by Crippen LogP contribution is -2.38. The van der Waals surface area contributed by atoms with Crippen molar-refractivity contribution >= 4 is 29.1 Å². The lowest BCUT2D eigenvalue weighted by molar-refractivity contribution is -0.126. The van der Waals surface area contributed by atoms with Crippen LogP contribution in [0.4, 0.5) is 11.4 Å². The normalized spacial score (nSPS) is 18.7. The van der Waals surface area contributed by atoms with Crippen molar-refractivity contribution < 1.29 is 14.4 Å². The topological polar surface area (TPSA) is 78.5 Å². The van der Waals surface area contributed by atoms with Gasteiger partial charge in [0.15, 0.2) is 0 Å². The molecule has 0 radical (unpaired) electrons. The zero-order valence-corrected chi connectivity index (χ0v) is 13.8. The number of nitrogens with one attached hydrogen (secondary N) is 2. The molecule has 3 amide bonds. The molecule has 1 heterocycles. The van der Waals surface area contributed by atoms with Gasteiger partial charge in [-0.05, 0) is 37.6 Å². The van der Waals surface area contributed by atoms with Gasteiger partial charge in [0.05, 0.1) is 5.92 Å². The quantitative estimate of drug-likeness (QED) is 0.871. The van der Waals surface area contributed by atoms with Crippen molar-refractivity contribution in [2.45, 2.75) is 39.7 Å². The first kappa shape index (κ1) is 17.0. The Labute approximate surface area is 136 Å². The van der Waals surface area contributed by atoms with E-state index < -0.39 is 0 Å². The monoisotopic (exact) mass is 317 g/mol. The number of hydrogen-bond acceptors (Lipinski definition) is 3. The molecule has 1 fully saturated rings. The van der Waals surface area contributed by atoms with E-state index in [0.29, 0.717) is 12.2 Å². The summed E-state index contributed by atoms with van der Waals surface area (Å²) >= 11 is 0. The fourth-order valence-electron chi connectivity index (χ4n) is 2.52. The first-order valence-electron chi connectivity index (χ1n) is 7.89. The molecular formula is C17H23N3O3. The number of rotatable bonds is 5. The van der Waals surface area contributed by atoms with Gasteiger partial charge in [0, 0.05) is 37.3 Å². The lowest BCUT2D eigenvalue weighted by atomic mass is 10.1. The Balaban J connectivity index is 2.02. The van der Waals surface area contributed by atoms with Crippen LogP contribution in [0.3, 0.4) is 0 Å². The molecule has 0 unspecified atom stereocenters. The van der Waals surface area contributed by atoms with Crippen LogP contribution in [-0.2, 0) is 14.4 Å². The van der Waals surface area contributed by atoms with Crippen molar-refractivity contribution in [1.29, 1.82) is 0 Å². The van der Waals surface area contributed by atoms with Gasteiger partial charge in [-0.15, -0.1) is 0 Å². The van der Waals surface area contributed by atoms with Gasteiger partial charge < -0.3 is 15.5 Å². The summed E-state index contributed by atoms with van der Waals surface area (Å²) in [7, 11) is 0. The molecule has 1 aliphatic heterocycles. The van der Waals surface area contributed by atoms with Crippen molar-refractivity contribution in [3.05, 3.63) is 24.3 Å². The molecule has 0 spiro atoms. The number of anilines is 2. The second-order valence-electron chi connectivity index (χ2n) is 5.95. The molecule has 1 aromatic carbocycles. The molecule has 2 atom stereocenters. The van der Waals surface area contributed by atoms with E-state index in [9.17, 15) is 14.4 Å². The van der Waals surface area contributed by atoms with E-state index in [1.54, 1.807) is 29.2 Å². The fourth-order valence-corrected chi connectivity index (χ4v) is 2.52. The van der Waals surface area contributed by atoms with E-state index >= 15 is 0 Å². The maximum atomic E-state index is 12.2. The van der Waals surface area contributed by atoms with E-state index in [1.807, 2.05) is 13.8 Å². The third-order valence-corrected chi connectivity index (χ3v) is 4.00. The van der Waals surface area contributed by atoms with Crippen molar-refractivity contribution in [2.24, 2.45) is 5.92 Å². The second kappa shape index (κ2) is 7.26. The number of benzene rings is 1. The molecule has 0 bridgehead atoms. The summed E-state index contributed by atoms with van der Waals surface area (Å²) in [4.78, 5) is 37.0. The molecule has 1 aromatic rings. The third kappa shape index (κ3) is 4.31. The smallest absolute Gasteiger partial charge is 0.227 e. The average Bonchev–Trinajstić information content (AvgIpc) is 2.89. The number of carbonyl (C=O) groups is 3. The van der Waals surface area contributed by atoms with E-state index in [0.717, 1.165) is 12.1 Å². The van der Waals surface area contributed by atoms with Crippen LogP contribution in [0.15, 0.2) is 24.3 Å². The summed E-state index contributed by atoms with van der Waals surface area (Å²) < 4.78 is 0. The van der Waals surface area contributed by atoms with Gasteiger partial charge >= 0.3 is 0 Å². The molecule has 2 N–H and O–H groups in total. The number of nitrogens with zero attached hydrogens (tertiary/aromatic N) is 1. The first-order chi connectivity index (χ1) is 10.9. The molecule has 1 aliphatic rings. The molecule has 6 heteroatoms. The number of carbonyl (C=O) groups excluding carboxylic acids is 3. The van der Waals surface area contributed by atoms with Gasteiger partial charge in [-0.1, -0.05) is 6.92 Å². The van der Waals surface area contributed by atoms with E-state index in [4.69, 9.17) is 0 Å². The second-order valence-corrected chi connectivity index (χ2v) is 5.95. The van der Waals surface area contributed by atoms with Crippen molar-refractivity contribution in [2.75, 3.05) is 16.8 Å². The van der Waals surface area contributed by atoms with Gasteiger partial charge in [0.25, 0.3) is 0 Å². The summed E-state index contributed by atoms with van der Waals surface area (Å²) in [6, 6.07) is 7.16. The molecule has 0 aliphatic carbocycles. The highest BCUT2D eigenvalue weighted by Gasteiger charge is 2.35. The Morgan fingerprint density at radius 2 is 1.96 bits per heavy atom. The van der Waals surface area contributed by atoms with E-state index in [1.165, 1.54) is 6.92 Å². The molecular weight excluding hydrogens is 294 g/mol. The SMILES string of the molecule is CC[C@@H](C)NC(=O)[C@@H]1CC(=O)N(c2ccc(NC(C)=O)cc2)C1. The minimum absolute atomic E-state index is 0.0541. The molecule has 0 saturated carbocycles. The minimum atomic E-state index is -0.313. The number of amides is 3. The highest BCUT2D eigenvalue weighted by atomic mass is 16.2. The van der Waals surface area contributed by atoms with Gasteiger partial charge in [-0.3, -0.25) is 14.4 Å². The maximum absolute atomic E-state index is 12.2. The van der Waals surface area contributed by atoms with Gasteiger partial charge in [-0.2, -0.15) is 0 Å². The van der Waals surface area contributed by atoms with Crippen molar-refractivity contribution in [3.63, 3.8) is 0 Å². The van der Waals surface area contributed by atoms with Crippen LogP contribution in [0.2, 0.25) is 0 Å². The minimum Gasteiger partial charge on any atom is -0.353 e. The molecule has 2 rings (SSSR count). The zero-order valence-electron chi connectivity index (χ0n) is 13.8. The van der Waals surface area contributed by atoms with E-state index in [2.05, 4.69) is 10.6 Å². The molecule has 0 aromatic heterocycles. The fraction of sp³-hybridized carbons (Fsp3) is 0.471. The summed E-state index contributed by atoms with van der Waals surface area (Å²) in [5, 5.41) is 5.61. The predicted octanol–water partition coefficient (Wildman–Crippen LogP) is 1.91. The highest BCUT2D eigenvalue weighted by molar-refractivity contribution is 6.00. The van der Waals surface area contributed by atoms with Crippen LogP contribution in [0, 0.1) is 5.92 Å². The van der Waals surface area contributed by atoms with Gasteiger partial charge in [0.1, 0.15) is 0 Å². The number of hydrogen-bond donors (Lipinski definition) is 2. The Morgan fingerprint density at radius 3 is 2.52 bits per heavy atom. The highest BCUT2D eigenvalue weighted by Crippen LogP contribution is 2.26. The van der Waals surface area contributed by atoms with Crippen LogP contribution in [0.25, 0.3) is 0 Å². The predicted molar refractivity (Wildman–Crippen MR) is 89.1 cm³/mol. The summed E-state index contributed by atoms with van der Waals surface area (Å²) in [5.41, 5.74) is 1.42. The van der Waals surface area contributed by atoms with Crippen molar-refractivity contribution in [1.82, 2.24) is 5.32 Å². The first-order valence-corrected chi connectivity index (χ1v) is 7.89. The lowest BCUT2D eigenvalue weighted by Gasteiger charge is -2.18. The van der Waals surface area contributed by atoms with Crippen LogP contribution in [-0.4, -0.2) is 30.3 Å². The third-order valence-electron chi connectivity index (χ3n) is 4.00. The Bertz CT molecular complexity index is 598. The van der Waals surface area contributed by atoms with Gasteiger partial charge in [0.2, 0.25) is 17.7 Å². The van der Waals surface area contributed by atoms with Crippen LogP contribution >= 0.6 is 0 Å². The average molecular weight is 317 g/mol. The summed E-state index contributed by atoms with van der Waals surface area (Å²) in [6.45, 7) is 5.79. The van der Waals surface area contributed by atoms with E-state index in [-0.39, 0.29) is 36.1 Å². The Morgan fingerprint density at radius 1 is 1.30 bits per heavy atom. The van der Waals surface area contributed by atoms with Crippen LogP contribution in [0.5, 0.6) is 0 Å². The largest absolute Gasteiger partial charge is 0.353 e. The Hall–Kier alpha value is -2.37. The zero-order chi connectivity index (χ0) is 17.0. The molecule has 124 valence electrons. The molecule has 6 nitrogen and oxygen atoms in total.